The molecule has 0 amide bonds. The summed E-state index contributed by atoms with van der Waals surface area (Å²) in [5.41, 5.74) is 0. The van der Waals surface area contributed by atoms with Crippen LogP contribution in [-0.4, -0.2) is 45.3 Å². The standard InChI is InChI=1S/C5H9BrO4/c6-3-4(8)2(7)1-10-5(3)9/h2-5,7-9H,1H2/t2-,3-,4+,5+/m1/s1. The van der Waals surface area contributed by atoms with Gasteiger partial charge in [-0.15, -0.1) is 0 Å². The highest BCUT2D eigenvalue weighted by molar-refractivity contribution is 9.09. The molecule has 0 saturated carbocycles. The minimum Gasteiger partial charge on any atom is -0.389 e. The van der Waals surface area contributed by atoms with Crippen LogP contribution in [0.25, 0.3) is 0 Å². The molecule has 10 heavy (non-hydrogen) atoms. The molecule has 1 rings (SSSR count). The molecule has 1 saturated heterocycles. The van der Waals surface area contributed by atoms with Crippen LogP contribution in [0.1, 0.15) is 0 Å². The number of alkyl halides is 1. The molecule has 4 atom stereocenters. The van der Waals surface area contributed by atoms with Crippen molar-refractivity contribution < 1.29 is 20.1 Å². The fourth-order valence-electron chi connectivity index (χ4n) is 0.769. The van der Waals surface area contributed by atoms with Gasteiger partial charge in [0.2, 0.25) is 0 Å². The van der Waals surface area contributed by atoms with E-state index in [-0.39, 0.29) is 6.61 Å². The predicted molar refractivity (Wildman–Crippen MR) is 36.7 cm³/mol. The number of rotatable bonds is 0. The van der Waals surface area contributed by atoms with Crippen molar-refractivity contribution in [1.82, 2.24) is 0 Å². The molecule has 1 aliphatic rings. The molecular formula is C5H9BrO4. The maximum atomic E-state index is 9.08. The van der Waals surface area contributed by atoms with E-state index in [9.17, 15) is 0 Å². The van der Waals surface area contributed by atoms with Gasteiger partial charge in [0.05, 0.1) is 17.5 Å². The molecule has 1 aliphatic heterocycles. The van der Waals surface area contributed by atoms with Crippen molar-refractivity contribution in [2.75, 3.05) is 6.61 Å². The number of aliphatic hydroxyl groups is 3. The largest absolute Gasteiger partial charge is 0.389 e. The van der Waals surface area contributed by atoms with E-state index in [2.05, 4.69) is 20.7 Å². The Labute approximate surface area is 66.6 Å². The normalized spacial score (nSPS) is 49.2. The van der Waals surface area contributed by atoms with Gasteiger partial charge in [0, 0.05) is 0 Å². The van der Waals surface area contributed by atoms with E-state index >= 15 is 0 Å². The highest BCUT2D eigenvalue weighted by Gasteiger charge is 2.35. The van der Waals surface area contributed by atoms with Gasteiger partial charge in [0.15, 0.2) is 6.29 Å². The lowest BCUT2D eigenvalue weighted by atomic mass is 10.1. The third kappa shape index (κ3) is 1.49. The van der Waals surface area contributed by atoms with E-state index in [0.29, 0.717) is 0 Å². The molecule has 5 heteroatoms. The first-order chi connectivity index (χ1) is 4.63. The molecule has 60 valence electrons. The van der Waals surface area contributed by atoms with Gasteiger partial charge < -0.3 is 20.1 Å². The third-order valence-electron chi connectivity index (χ3n) is 1.43. The lowest BCUT2D eigenvalue weighted by Crippen LogP contribution is -2.49. The van der Waals surface area contributed by atoms with Crippen molar-refractivity contribution >= 4 is 15.9 Å². The van der Waals surface area contributed by atoms with Crippen LogP contribution in [0, 0.1) is 0 Å². The SMILES string of the molecule is O[C@@H]1[C@@H](Br)[C@@H](O)OC[C@H]1O. The lowest BCUT2D eigenvalue weighted by molar-refractivity contribution is -0.186. The average molecular weight is 213 g/mol. The molecule has 4 nitrogen and oxygen atoms in total. The maximum Gasteiger partial charge on any atom is 0.169 e. The van der Waals surface area contributed by atoms with Crippen molar-refractivity contribution in [3.05, 3.63) is 0 Å². The first-order valence-corrected chi connectivity index (χ1v) is 3.84. The highest BCUT2D eigenvalue weighted by Crippen LogP contribution is 2.20. The van der Waals surface area contributed by atoms with Gasteiger partial charge in [-0.3, -0.25) is 0 Å². The van der Waals surface area contributed by atoms with Crippen LogP contribution in [-0.2, 0) is 4.74 Å². The predicted octanol–water partition coefficient (Wildman–Crippen LogP) is -1.18. The summed E-state index contributed by atoms with van der Waals surface area (Å²) in [6, 6.07) is 0. The van der Waals surface area contributed by atoms with Gasteiger partial charge in [-0.1, -0.05) is 15.9 Å². The first-order valence-electron chi connectivity index (χ1n) is 2.93. The Morgan fingerprint density at radius 1 is 1.30 bits per heavy atom. The van der Waals surface area contributed by atoms with Gasteiger partial charge in [-0.2, -0.15) is 0 Å². The van der Waals surface area contributed by atoms with E-state index in [1.165, 1.54) is 0 Å². The van der Waals surface area contributed by atoms with Crippen molar-refractivity contribution in [3.8, 4) is 0 Å². The zero-order valence-electron chi connectivity index (χ0n) is 5.14. The van der Waals surface area contributed by atoms with Crippen LogP contribution in [0.15, 0.2) is 0 Å². The topological polar surface area (TPSA) is 69.9 Å². The fourth-order valence-corrected chi connectivity index (χ4v) is 1.27. The van der Waals surface area contributed by atoms with Crippen LogP contribution < -0.4 is 0 Å². The zero-order valence-corrected chi connectivity index (χ0v) is 6.73. The molecule has 3 N–H and O–H groups in total. The van der Waals surface area contributed by atoms with Gasteiger partial charge in [-0.05, 0) is 0 Å². The number of ether oxygens (including phenoxy) is 1. The van der Waals surface area contributed by atoms with E-state index in [0.717, 1.165) is 0 Å². The van der Waals surface area contributed by atoms with Crippen molar-refractivity contribution in [3.63, 3.8) is 0 Å². The van der Waals surface area contributed by atoms with Gasteiger partial charge >= 0.3 is 0 Å². The van der Waals surface area contributed by atoms with E-state index in [1.807, 2.05) is 0 Å². The maximum absolute atomic E-state index is 9.08. The van der Waals surface area contributed by atoms with E-state index in [4.69, 9.17) is 15.3 Å². The molecule has 0 aromatic heterocycles. The number of hydrogen-bond donors (Lipinski definition) is 3. The first kappa shape index (κ1) is 8.42. The quantitative estimate of drug-likeness (QED) is 0.443. The minimum absolute atomic E-state index is 0.0234. The summed E-state index contributed by atoms with van der Waals surface area (Å²) in [6.07, 6.45) is -2.89. The summed E-state index contributed by atoms with van der Waals surface area (Å²) in [5, 5.41) is 27.0. The second-order valence-corrected chi connectivity index (χ2v) is 3.28. The van der Waals surface area contributed by atoms with Crippen LogP contribution >= 0.6 is 15.9 Å². The molecule has 0 unspecified atom stereocenters. The van der Waals surface area contributed by atoms with Gasteiger partial charge in [0.25, 0.3) is 0 Å². The Balaban J connectivity index is 2.52. The average Bonchev–Trinajstić information content (AvgIpc) is 1.93. The molecule has 1 fully saturated rings. The Morgan fingerprint density at radius 2 is 1.90 bits per heavy atom. The number of aliphatic hydroxyl groups excluding tert-OH is 3. The second kappa shape index (κ2) is 3.15. The molecule has 0 bridgehead atoms. The van der Waals surface area contributed by atoms with Gasteiger partial charge in [-0.25, -0.2) is 0 Å². The molecular weight excluding hydrogens is 204 g/mol. The summed E-state index contributed by atoms with van der Waals surface area (Å²) in [4.78, 5) is -0.601. The number of halogens is 1. The summed E-state index contributed by atoms with van der Waals surface area (Å²) >= 11 is 2.97. The van der Waals surface area contributed by atoms with Crippen LogP contribution in [0.3, 0.4) is 0 Å². The smallest absolute Gasteiger partial charge is 0.169 e. The summed E-state index contributed by atoms with van der Waals surface area (Å²) in [7, 11) is 0. The third-order valence-corrected chi connectivity index (χ3v) is 2.42. The molecule has 0 aliphatic carbocycles. The van der Waals surface area contributed by atoms with Crippen molar-refractivity contribution in [2.45, 2.75) is 23.3 Å². The van der Waals surface area contributed by atoms with Crippen molar-refractivity contribution in [2.24, 2.45) is 0 Å². The van der Waals surface area contributed by atoms with Gasteiger partial charge in [0.1, 0.15) is 6.10 Å². The summed E-state index contributed by atoms with van der Waals surface area (Å²) < 4.78 is 4.67. The zero-order chi connectivity index (χ0) is 7.72. The van der Waals surface area contributed by atoms with E-state index in [1.54, 1.807) is 0 Å². The van der Waals surface area contributed by atoms with Crippen LogP contribution in [0.5, 0.6) is 0 Å². The Hall–Kier alpha value is 0.320. The Morgan fingerprint density at radius 3 is 2.40 bits per heavy atom. The van der Waals surface area contributed by atoms with Crippen molar-refractivity contribution in [1.29, 1.82) is 0 Å². The lowest BCUT2D eigenvalue weighted by Gasteiger charge is -2.31. The van der Waals surface area contributed by atoms with E-state index < -0.39 is 23.3 Å². The molecule has 0 aromatic carbocycles. The molecule has 0 aromatic rings. The molecule has 1 heterocycles. The molecule has 0 radical (unpaired) electrons. The monoisotopic (exact) mass is 212 g/mol. The number of hydrogen-bond acceptors (Lipinski definition) is 4. The molecule has 0 spiro atoms. The fraction of sp³-hybridized carbons (Fsp3) is 1.00. The Kier molecular flexibility index (Phi) is 2.65. The second-order valence-electron chi connectivity index (χ2n) is 2.23. The van der Waals surface area contributed by atoms with Crippen LogP contribution in [0.4, 0.5) is 0 Å². The summed E-state index contributed by atoms with van der Waals surface area (Å²) in [5.74, 6) is 0. The van der Waals surface area contributed by atoms with Crippen LogP contribution in [0.2, 0.25) is 0 Å². The summed E-state index contributed by atoms with van der Waals surface area (Å²) in [6.45, 7) is -0.0234. The highest BCUT2D eigenvalue weighted by atomic mass is 79.9. The Bertz CT molecular complexity index is 106. The minimum atomic E-state index is -1.03.